The van der Waals surface area contributed by atoms with Crippen molar-refractivity contribution in [2.45, 2.75) is 78.6 Å². The van der Waals surface area contributed by atoms with E-state index in [1.54, 1.807) is 0 Å². The molecule has 0 fully saturated rings. The van der Waals surface area contributed by atoms with E-state index in [1.165, 1.54) is 65.0 Å². The predicted molar refractivity (Wildman–Crippen MR) is 412 cm³/mol. The third-order valence-corrected chi connectivity index (χ3v) is 24.9. The van der Waals surface area contributed by atoms with Crippen LogP contribution in [-0.4, -0.2) is 14.8 Å². The second kappa shape index (κ2) is 24.1. The topological polar surface area (TPSA) is 6.48 Å². The molecule has 0 bridgehead atoms. The van der Waals surface area contributed by atoms with Crippen LogP contribution in [0.5, 0.6) is 0 Å². The van der Waals surface area contributed by atoms with Crippen molar-refractivity contribution in [3.63, 3.8) is 0 Å². The highest BCUT2D eigenvalue weighted by molar-refractivity contribution is 7.19. The summed E-state index contributed by atoms with van der Waals surface area (Å²) in [6.07, 6.45) is 0. The Labute approximate surface area is 569 Å². The molecule has 0 radical (unpaired) electrons. The maximum absolute atomic E-state index is 7.49. The molecule has 13 aromatic rings. The summed E-state index contributed by atoms with van der Waals surface area (Å²) in [5.74, 6) is 0. The number of hydrogen-bond donors (Lipinski definition) is 0. The van der Waals surface area contributed by atoms with Crippen LogP contribution in [0, 0.1) is 0 Å². The third-order valence-electron chi connectivity index (χ3n) is 19.9. The minimum atomic E-state index is -2.82. The van der Waals surface area contributed by atoms with Crippen LogP contribution in [0.2, 0.25) is 5.02 Å². The van der Waals surface area contributed by atoms with E-state index in [9.17, 15) is 0 Å². The molecule has 2 nitrogen and oxygen atoms in total. The zero-order valence-electron chi connectivity index (χ0n) is 55.8. The summed E-state index contributed by atoms with van der Waals surface area (Å²) >= 11 is 7.49. The van der Waals surface area contributed by atoms with Gasteiger partial charge in [-0.3, -0.25) is 0 Å². The third kappa shape index (κ3) is 10.9. The van der Waals surface area contributed by atoms with Gasteiger partial charge in [-0.25, -0.2) is 0 Å². The zero-order valence-corrected chi connectivity index (χ0v) is 57.6. The Hall–Kier alpha value is -9.97. The van der Waals surface area contributed by atoms with Gasteiger partial charge in [0.15, 0.2) is 8.07 Å². The fraction of sp³-hybridized carbons (Fsp3) is 0.133. The minimum absolute atomic E-state index is 0.162. The number of halogens is 1. The fourth-order valence-electron chi connectivity index (χ4n) is 15.0. The van der Waals surface area contributed by atoms with E-state index in [0.717, 1.165) is 78.6 Å². The molecule has 95 heavy (non-hydrogen) atoms. The molecule has 2 aliphatic rings. The number of nitrogens with zero attached hydrogens (tertiary/aromatic N) is 2. The molecule has 0 amide bonds. The van der Waals surface area contributed by atoms with Gasteiger partial charge >= 0.3 is 0 Å². The maximum atomic E-state index is 7.49. The number of anilines is 6. The van der Waals surface area contributed by atoms with Crippen LogP contribution in [-0.2, 0) is 16.2 Å². The maximum Gasteiger partial charge on any atom is 0.252 e. The summed E-state index contributed by atoms with van der Waals surface area (Å²) < 4.78 is 0. The van der Waals surface area contributed by atoms with Crippen molar-refractivity contribution < 1.29 is 0 Å². The van der Waals surface area contributed by atoms with Gasteiger partial charge in [0.25, 0.3) is 6.71 Å². The molecule has 0 saturated heterocycles. The highest BCUT2D eigenvalue weighted by atomic mass is 35.5. The Morgan fingerprint density at radius 1 is 0.274 bits per heavy atom. The SMILES string of the molecule is CC(C)(C)c1cc(-c2ccccc2)c(N2c3cc(Cl)ccc3B3c4ccc(-c5ccc([Si](c6ccccc6)(c6ccccc6)c6ccccc6)cc5)cc4N(c4c(-c5ccccc5)cc(C(C)(C)C)cc4-c4ccccc4)c4cc(C(C)(C)C)cc2c43)c(-c2ccccc2)c1. The normalized spacial score (nSPS) is 12.9. The van der Waals surface area contributed by atoms with Crippen LogP contribution in [0.1, 0.15) is 79.0 Å². The molecule has 2 heterocycles. The second-order valence-corrected chi connectivity index (χ2v) is 33.2. The highest BCUT2D eigenvalue weighted by Crippen LogP contribution is 2.55. The molecule has 0 N–H and O–H groups in total. The molecule has 0 aliphatic carbocycles. The van der Waals surface area contributed by atoms with E-state index in [4.69, 9.17) is 11.6 Å². The van der Waals surface area contributed by atoms with Gasteiger partial charge in [-0.1, -0.05) is 329 Å². The average Bonchev–Trinajstić information content (AvgIpc) is 0.690. The molecule has 0 atom stereocenters. The smallest absolute Gasteiger partial charge is 0.252 e. The first-order valence-corrected chi connectivity index (χ1v) is 35.9. The average molecular weight is 1260 g/mol. The van der Waals surface area contributed by atoms with Crippen molar-refractivity contribution in [2.24, 2.45) is 0 Å². The van der Waals surface area contributed by atoms with E-state index in [-0.39, 0.29) is 23.0 Å². The van der Waals surface area contributed by atoms with Crippen molar-refractivity contribution in [3.05, 3.63) is 331 Å². The highest BCUT2D eigenvalue weighted by Gasteiger charge is 2.47. The monoisotopic (exact) mass is 1260 g/mol. The van der Waals surface area contributed by atoms with E-state index < -0.39 is 8.07 Å². The molecule has 15 rings (SSSR count). The van der Waals surface area contributed by atoms with E-state index in [1.807, 2.05) is 0 Å². The summed E-state index contributed by atoms with van der Waals surface area (Å²) in [7, 11) is -2.82. The lowest BCUT2D eigenvalue weighted by Crippen LogP contribution is -2.74. The standard InChI is InChI=1S/C90H78BClN2Si/c1-88(2,3)67-54-75(62-31-17-10-18-32-62)86(76(55-67)63-33-19-11-20-34-63)93-81-53-66(61-45-49-74(50-46-61)95(71-39-25-14-26-40-71,72-41-27-15-28-42-72)73-43-29-16-30-44-73)47-51-79(81)91-80-52-48-70(92)60-82(80)94(84-59-69(90(7,8)9)58-83(93)85(84)91)87-77(64-35-21-12-22-36-64)56-68(89(4,5)6)57-78(87)65-37-23-13-24-38-65/h10-60H,1-9H3. The minimum Gasteiger partial charge on any atom is -0.310 e. The summed E-state index contributed by atoms with van der Waals surface area (Å²) in [5, 5.41) is 6.08. The van der Waals surface area contributed by atoms with E-state index >= 15 is 0 Å². The van der Waals surface area contributed by atoms with E-state index in [2.05, 4.69) is 381 Å². The van der Waals surface area contributed by atoms with Gasteiger partial charge < -0.3 is 9.80 Å². The first-order chi connectivity index (χ1) is 45.9. The number of fused-ring (bicyclic) bond motifs is 4. The Kier molecular flexibility index (Phi) is 15.5. The molecule has 2 aliphatic heterocycles. The Morgan fingerprint density at radius 2 is 0.568 bits per heavy atom. The molecule has 5 heteroatoms. The first kappa shape index (κ1) is 61.2. The molecule has 0 saturated carbocycles. The number of hydrogen-bond acceptors (Lipinski definition) is 2. The Bertz CT molecular complexity index is 4760. The van der Waals surface area contributed by atoms with Crippen molar-refractivity contribution >= 4 is 97.6 Å². The van der Waals surface area contributed by atoms with Gasteiger partial charge in [-0.15, -0.1) is 0 Å². The predicted octanol–water partition coefficient (Wildman–Crippen LogP) is 20.0. The van der Waals surface area contributed by atoms with Gasteiger partial charge in [-0.2, -0.15) is 0 Å². The summed E-state index contributed by atoms with van der Waals surface area (Å²) in [5.41, 5.74) is 25.1. The first-order valence-electron chi connectivity index (χ1n) is 33.5. The van der Waals surface area contributed by atoms with Gasteiger partial charge in [0.05, 0.1) is 11.4 Å². The van der Waals surface area contributed by atoms with Gasteiger partial charge in [0.2, 0.25) is 0 Å². The molecule has 0 unspecified atom stereocenters. The lowest BCUT2D eigenvalue weighted by Gasteiger charge is -2.46. The quantitative estimate of drug-likeness (QED) is 0.0941. The van der Waals surface area contributed by atoms with Crippen molar-refractivity contribution in [1.29, 1.82) is 0 Å². The van der Waals surface area contributed by atoms with Crippen molar-refractivity contribution in [2.75, 3.05) is 9.80 Å². The van der Waals surface area contributed by atoms with Crippen LogP contribution in [0.3, 0.4) is 0 Å². The van der Waals surface area contributed by atoms with Crippen molar-refractivity contribution in [1.82, 2.24) is 0 Å². The van der Waals surface area contributed by atoms with Gasteiger partial charge in [0.1, 0.15) is 0 Å². The number of benzene rings is 13. The molecular formula is C90H78BClN2Si. The van der Waals surface area contributed by atoms with Gasteiger partial charge in [0, 0.05) is 50.0 Å². The van der Waals surface area contributed by atoms with Crippen LogP contribution >= 0.6 is 11.6 Å². The largest absolute Gasteiger partial charge is 0.310 e. The van der Waals surface area contributed by atoms with Crippen molar-refractivity contribution in [3.8, 4) is 55.6 Å². The zero-order chi connectivity index (χ0) is 65.4. The second-order valence-electron chi connectivity index (χ2n) is 29.0. The van der Waals surface area contributed by atoms with Gasteiger partial charge in [-0.05, 0) is 158 Å². The molecule has 0 spiro atoms. The summed E-state index contributed by atoms with van der Waals surface area (Å²) in [4.78, 5) is 5.32. The van der Waals surface area contributed by atoms with Crippen LogP contribution < -0.4 is 46.9 Å². The molecule has 462 valence electrons. The lowest BCUT2D eigenvalue weighted by atomic mass is 9.33. The fourth-order valence-corrected chi connectivity index (χ4v) is 19.9. The lowest BCUT2D eigenvalue weighted by molar-refractivity contribution is 0.590. The molecule has 13 aromatic carbocycles. The number of rotatable bonds is 11. The van der Waals surface area contributed by atoms with E-state index in [0.29, 0.717) is 5.02 Å². The summed E-state index contributed by atoms with van der Waals surface area (Å²) in [6, 6.07) is 117. The summed E-state index contributed by atoms with van der Waals surface area (Å²) in [6.45, 7) is 21.0. The molecule has 0 aromatic heterocycles. The Balaban J connectivity index is 1.06. The van der Waals surface area contributed by atoms with Crippen LogP contribution in [0.15, 0.2) is 309 Å². The molecular weight excluding hydrogens is 1180 g/mol. The van der Waals surface area contributed by atoms with Crippen LogP contribution in [0.4, 0.5) is 34.1 Å². The Morgan fingerprint density at radius 3 is 0.916 bits per heavy atom. The van der Waals surface area contributed by atoms with Crippen LogP contribution in [0.25, 0.3) is 55.6 Å².